The van der Waals surface area contributed by atoms with E-state index in [2.05, 4.69) is 23.6 Å². The van der Waals surface area contributed by atoms with Crippen molar-refractivity contribution in [2.75, 3.05) is 23.8 Å². The Kier molecular flexibility index (Phi) is 6.35. The van der Waals surface area contributed by atoms with Crippen LogP contribution in [-0.4, -0.2) is 29.2 Å². The van der Waals surface area contributed by atoms with Gasteiger partial charge in [-0.1, -0.05) is 23.7 Å². The van der Waals surface area contributed by atoms with Crippen molar-refractivity contribution >= 4 is 40.0 Å². The van der Waals surface area contributed by atoms with Crippen LogP contribution in [-0.2, 0) is 11.2 Å². The van der Waals surface area contributed by atoms with Gasteiger partial charge in [0.25, 0.3) is 0 Å². The SMILES string of the molecule is CCOCCc1cccc2c(N[C@H](C)C3CC3)nc(Nc3ccc(F)c(Cl)c3)nc12. The molecule has 0 radical (unpaired) electrons. The monoisotopic (exact) mass is 428 g/mol. The van der Waals surface area contributed by atoms with Gasteiger partial charge in [-0.25, -0.2) is 9.37 Å². The third-order valence-electron chi connectivity index (χ3n) is 5.40. The fourth-order valence-electron chi connectivity index (χ4n) is 3.54. The second-order valence-corrected chi connectivity index (χ2v) is 8.09. The number of fused-ring (bicyclic) bond motifs is 1. The van der Waals surface area contributed by atoms with Gasteiger partial charge in [0.05, 0.1) is 17.1 Å². The van der Waals surface area contributed by atoms with Crippen molar-refractivity contribution in [1.29, 1.82) is 0 Å². The summed E-state index contributed by atoms with van der Waals surface area (Å²) in [6, 6.07) is 11.0. The van der Waals surface area contributed by atoms with Gasteiger partial charge in [-0.3, -0.25) is 0 Å². The van der Waals surface area contributed by atoms with Crippen LogP contribution in [0.5, 0.6) is 0 Å². The highest BCUT2D eigenvalue weighted by Crippen LogP contribution is 2.35. The average molecular weight is 429 g/mol. The number of halogens is 2. The largest absolute Gasteiger partial charge is 0.381 e. The van der Waals surface area contributed by atoms with Gasteiger partial charge in [-0.15, -0.1) is 0 Å². The maximum atomic E-state index is 13.5. The van der Waals surface area contributed by atoms with Crippen LogP contribution in [0.2, 0.25) is 5.02 Å². The van der Waals surface area contributed by atoms with Crippen molar-refractivity contribution in [2.45, 2.75) is 39.2 Å². The number of nitrogens with zero attached hydrogens (tertiary/aromatic N) is 2. The van der Waals surface area contributed by atoms with E-state index in [1.54, 1.807) is 6.07 Å². The number of benzene rings is 2. The van der Waals surface area contributed by atoms with Crippen molar-refractivity contribution in [3.63, 3.8) is 0 Å². The summed E-state index contributed by atoms with van der Waals surface area (Å²) in [4.78, 5) is 9.51. The average Bonchev–Trinajstić information content (AvgIpc) is 3.57. The molecule has 2 N–H and O–H groups in total. The lowest BCUT2D eigenvalue weighted by atomic mass is 10.1. The maximum Gasteiger partial charge on any atom is 0.229 e. The zero-order valence-corrected chi connectivity index (χ0v) is 18.0. The summed E-state index contributed by atoms with van der Waals surface area (Å²) in [6.45, 7) is 5.50. The van der Waals surface area contributed by atoms with Crippen LogP contribution >= 0.6 is 11.6 Å². The second-order valence-electron chi connectivity index (χ2n) is 7.68. The molecule has 3 aromatic rings. The molecular weight excluding hydrogens is 403 g/mol. The van der Waals surface area contributed by atoms with Gasteiger partial charge in [0, 0.05) is 23.7 Å². The van der Waals surface area contributed by atoms with Crippen LogP contribution in [0, 0.1) is 11.7 Å². The zero-order chi connectivity index (χ0) is 21.1. The second kappa shape index (κ2) is 9.14. The summed E-state index contributed by atoms with van der Waals surface area (Å²) < 4.78 is 19.1. The van der Waals surface area contributed by atoms with Gasteiger partial charge in [-0.05, 0) is 68.9 Å². The number of anilines is 3. The molecule has 7 heteroatoms. The number of hydrogen-bond donors (Lipinski definition) is 2. The maximum absolute atomic E-state index is 13.5. The van der Waals surface area contributed by atoms with Gasteiger partial charge < -0.3 is 15.4 Å². The Morgan fingerprint density at radius 2 is 2.07 bits per heavy atom. The van der Waals surface area contributed by atoms with Crippen LogP contribution in [0.25, 0.3) is 10.9 Å². The Bertz CT molecular complexity index is 1040. The van der Waals surface area contributed by atoms with E-state index in [-0.39, 0.29) is 5.02 Å². The molecule has 0 amide bonds. The van der Waals surface area contributed by atoms with Gasteiger partial charge in [0.15, 0.2) is 0 Å². The Balaban J connectivity index is 1.72. The van der Waals surface area contributed by atoms with Gasteiger partial charge in [0.2, 0.25) is 5.95 Å². The molecule has 1 aliphatic carbocycles. The molecule has 1 fully saturated rings. The van der Waals surface area contributed by atoms with Crippen LogP contribution in [0.15, 0.2) is 36.4 Å². The molecule has 5 nitrogen and oxygen atoms in total. The van der Waals surface area contributed by atoms with Crippen LogP contribution in [0.3, 0.4) is 0 Å². The Hall–Kier alpha value is -2.44. The summed E-state index contributed by atoms with van der Waals surface area (Å²) in [5.74, 6) is 1.47. The highest BCUT2D eigenvalue weighted by molar-refractivity contribution is 6.31. The van der Waals surface area contributed by atoms with Gasteiger partial charge in [-0.2, -0.15) is 4.98 Å². The van der Waals surface area contributed by atoms with E-state index in [0.717, 1.165) is 28.7 Å². The van der Waals surface area contributed by atoms with Crippen LogP contribution < -0.4 is 10.6 Å². The molecule has 2 aromatic carbocycles. The predicted octanol–water partition coefficient (Wildman–Crippen LogP) is 5.96. The van der Waals surface area contributed by atoms with Crippen molar-refractivity contribution in [1.82, 2.24) is 9.97 Å². The number of aromatic nitrogens is 2. The first-order chi connectivity index (χ1) is 14.5. The van der Waals surface area contributed by atoms with Crippen LogP contribution in [0.1, 0.15) is 32.3 Å². The molecule has 4 rings (SSSR count). The number of hydrogen-bond acceptors (Lipinski definition) is 5. The lowest BCUT2D eigenvalue weighted by molar-refractivity contribution is 0.151. The summed E-state index contributed by atoms with van der Waals surface area (Å²) >= 11 is 5.93. The summed E-state index contributed by atoms with van der Waals surface area (Å²) in [6.07, 6.45) is 3.26. The van der Waals surface area contributed by atoms with Crippen molar-refractivity contribution in [3.8, 4) is 0 Å². The first kappa shape index (κ1) is 20.8. The molecule has 158 valence electrons. The molecular formula is C23H26ClFN4O. The zero-order valence-electron chi connectivity index (χ0n) is 17.2. The van der Waals surface area contributed by atoms with Gasteiger partial charge >= 0.3 is 0 Å². The number of para-hydroxylation sites is 1. The minimum atomic E-state index is -0.458. The highest BCUT2D eigenvalue weighted by atomic mass is 35.5. The molecule has 30 heavy (non-hydrogen) atoms. The van der Waals surface area contributed by atoms with E-state index < -0.39 is 5.82 Å². The summed E-state index contributed by atoms with van der Waals surface area (Å²) in [7, 11) is 0. The molecule has 1 atom stereocenters. The Morgan fingerprint density at radius 3 is 2.80 bits per heavy atom. The molecule has 0 aliphatic heterocycles. The Morgan fingerprint density at radius 1 is 1.23 bits per heavy atom. The lowest BCUT2D eigenvalue weighted by Gasteiger charge is -2.18. The minimum absolute atomic E-state index is 0.0545. The fraction of sp³-hybridized carbons (Fsp3) is 0.391. The number of nitrogens with one attached hydrogen (secondary N) is 2. The van der Waals surface area contributed by atoms with Crippen molar-refractivity contribution in [2.24, 2.45) is 5.92 Å². The fourth-order valence-corrected chi connectivity index (χ4v) is 3.72. The first-order valence-electron chi connectivity index (χ1n) is 10.4. The van der Waals surface area contributed by atoms with E-state index in [1.807, 2.05) is 19.1 Å². The van der Waals surface area contributed by atoms with Crippen molar-refractivity contribution < 1.29 is 9.13 Å². The molecule has 1 aliphatic rings. The van der Waals surface area contributed by atoms with Crippen molar-refractivity contribution in [3.05, 3.63) is 52.8 Å². The molecule has 1 aromatic heterocycles. The molecule has 1 saturated carbocycles. The smallest absolute Gasteiger partial charge is 0.229 e. The summed E-state index contributed by atoms with van der Waals surface area (Å²) in [5.41, 5.74) is 2.62. The molecule has 0 unspecified atom stereocenters. The van der Waals surface area contributed by atoms with E-state index in [0.29, 0.717) is 36.8 Å². The minimum Gasteiger partial charge on any atom is -0.381 e. The molecule has 1 heterocycles. The molecule has 0 saturated heterocycles. The van der Waals surface area contributed by atoms with E-state index in [1.165, 1.54) is 25.0 Å². The topological polar surface area (TPSA) is 59.1 Å². The van der Waals surface area contributed by atoms with Gasteiger partial charge in [0.1, 0.15) is 11.6 Å². The van der Waals surface area contributed by atoms with E-state index in [9.17, 15) is 4.39 Å². The van der Waals surface area contributed by atoms with E-state index >= 15 is 0 Å². The lowest BCUT2D eigenvalue weighted by Crippen LogP contribution is -2.19. The van der Waals surface area contributed by atoms with Crippen LogP contribution in [0.4, 0.5) is 21.8 Å². The van der Waals surface area contributed by atoms with E-state index in [4.69, 9.17) is 26.3 Å². The Labute approximate surface area is 181 Å². The predicted molar refractivity (Wildman–Crippen MR) is 120 cm³/mol. The third-order valence-corrected chi connectivity index (χ3v) is 5.69. The normalized spacial score (nSPS) is 14.7. The quantitative estimate of drug-likeness (QED) is 0.412. The molecule has 0 bridgehead atoms. The standard InChI is InChI=1S/C23H26ClFN4O/c1-3-30-12-11-16-5-4-6-18-21(16)28-23(27-17-9-10-20(25)19(24)13-17)29-22(18)26-14(2)15-7-8-15/h4-6,9-10,13-15H,3,7-8,11-12H2,1-2H3,(H2,26,27,28,29)/t14-/m1/s1. The number of rotatable bonds is 9. The number of ether oxygens (including phenoxy) is 1. The highest BCUT2D eigenvalue weighted by Gasteiger charge is 2.28. The summed E-state index contributed by atoms with van der Waals surface area (Å²) in [5, 5.41) is 7.79. The third kappa shape index (κ3) is 4.82. The first-order valence-corrected chi connectivity index (χ1v) is 10.8. The molecule has 0 spiro atoms.